The number of rotatable bonds is 3. The van der Waals surface area contributed by atoms with Gasteiger partial charge in [-0.3, -0.25) is 0 Å². The highest BCUT2D eigenvalue weighted by Gasteiger charge is 2.35. The number of aromatic nitrogens is 1. The lowest BCUT2D eigenvalue weighted by atomic mass is 10.1. The molecule has 21 heavy (non-hydrogen) atoms. The first-order valence-corrected chi connectivity index (χ1v) is 8.31. The van der Waals surface area contributed by atoms with Crippen LogP contribution in [0.2, 0.25) is 0 Å². The lowest BCUT2D eigenvalue weighted by Gasteiger charge is -2.09. The Labute approximate surface area is 122 Å². The molecule has 0 spiro atoms. The second-order valence-electron chi connectivity index (χ2n) is 4.31. The van der Waals surface area contributed by atoms with Crippen LogP contribution in [0.3, 0.4) is 0 Å². The van der Waals surface area contributed by atoms with Crippen LogP contribution < -0.4 is 0 Å². The summed E-state index contributed by atoms with van der Waals surface area (Å²) in [5, 5.41) is 9.01. The van der Waals surface area contributed by atoms with Gasteiger partial charge in [0, 0.05) is 12.5 Å². The highest BCUT2D eigenvalue weighted by atomic mass is 32.2. The van der Waals surface area contributed by atoms with Crippen molar-refractivity contribution >= 4 is 21.2 Å². The Kier molecular flexibility index (Phi) is 4.09. The summed E-state index contributed by atoms with van der Waals surface area (Å²) in [5.74, 6) is 0. The molecule has 0 aliphatic heterocycles. The monoisotopic (exact) mass is 337 g/mol. The first kappa shape index (κ1) is 15.9. The van der Waals surface area contributed by atoms with Crippen molar-refractivity contribution in [2.24, 2.45) is 0 Å². The highest BCUT2D eigenvalue weighted by molar-refractivity contribution is 7.90. The lowest BCUT2D eigenvalue weighted by Crippen LogP contribution is -2.03. The van der Waals surface area contributed by atoms with Gasteiger partial charge in [-0.15, -0.1) is 11.3 Å². The number of hydrogen-bond donors (Lipinski definition) is 1. The molecule has 1 N–H and O–H groups in total. The second kappa shape index (κ2) is 5.39. The molecule has 114 valence electrons. The van der Waals surface area contributed by atoms with E-state index in [0.717, 1.165) is 12.5 Å². The molecule has 1 atom stereocenters. The molecule has 0 bridgehead atoms. The van der Waals surface area contributed by atoms with Crippen LogP contribution in [0.5, 0.6) is 0 Å². The van der Waals surface area contributed by atoms with E-state index >= 15 is 0 Å². The van der Waals surface area contributed by atoms with Crippen molar-refractivity contribution < 1.29 is 26.7 Å². The molecule has 2 rings (SSSR count). The van der Waals surface area contributed by atoms with E-state index in [1.807, 2.05) is 0 Å². The van der Waals surface area contributed by atoms with Crippen molar-refractivity contribution in [1.29, 1.82) is 0 Å². The third kappa shape index (κ3) is 3.60. The molecule has 1 heterocycles. The molecule has 0 aliphatic carbocycles. The van der Waals surface area contributed by atoms with Gasteiger partial charge < -0.3 is 5.11 Å². The summed E-state index contributed by atoms with van der Waals surface area (Å²) < 4.78 is 60.3. The molecule has 9 heteroatoms. The Morgan fingerprint density at radius 3 is 2.52 bits per heavy atom. The lowest BCUT2D eigenvalue weighted by molar-refractivity contribution is -0.137. The average Bonchev–Trinajstić information content (AvgIpc) is 2.86. The zero-order valence-corrected chi connectivity index (χ0v) is 12.3. The summed E-state index contributed by atoms with van der Waals surface area (Å²) in [7, 11) is -3.46. The van der Waals surface area contributed by atoms with Crippen molar-refractivity contribution in [1.82, 2.24) is 4.98 Å². The van der Waals surface area contributed by atoms with Crippen LogP contribution in [0.4, 0.5) is 13.2 Å². The molecule has 2 aromatic rings. The molecule has 0 radical (unpaired) electrons. The fraction of sp³-hybridized carbons (Fsp3) is 0.250. The highest BCUT2D eigenvalue weighted by Crippen LogP contribution is 2.36. The maximum Gasteiger partial charge on any atom is 0.443 e. The Morgan fingerprint density at radius 1 is 1.33 bits per heavy atom. The van der Waals surface area contributed by atoms with E-state index in [1.54, 1.807) is 0 Å². The largest absolute Gasteiger partial charge is 0.443 e. The normalized spacial score (nSPS) is 14.1. The fourth-order valence-corrected chi connectivity index (χ4v) is 3.10. The van der Waals surface area contributed by atoms with Crippen LogP contribution in [0.25, 0.3) is 0 Å². The molecule has 0 fully saturated rings. The fourth-order valence-electron chi connectivity index (χ4n) is 1.62. The molecule has 4 nitrogen and oxygen atoms in total. The van der Waals surface area contributed by atoms with Crippen molar-refractivity contribution in [3.8, 4) is 0 Å². The van der Waals surface area contributed by atoms with Gasteiger partial charge in [0.2, 0.25) is 0 Å². The van der Waals surface area contributed by atoms with Crippen LogP contribution in [0.1, 0.15) is 21.6 Å². The van der Waals surface area contributed by atoms with Gasteiger partial charge in [-0.05, 0) is 17.7 Å². The number of sulfone groups is 1. The number of aliphatic hydroxyl groups is 1. The average molecular weight is 337 g/mol. The topological polar surface area (TPSA) is 67.3 Å². The number of benzene rings is 1. The molecular weight excluding hydrogens is 327 g/mol. The van der Waals surface area contributed by atoms with Gasteiger partial charge in [-0.25, -0.2) is 13.4 Å². The first-order chi connectivity index (χ1) is 9.59. The van der Waals surface area contributed by atoms with Gasteiger partial charge in [0.05, 0.1) is 9.77 Å². The van der Waals surface area contributed by atoms with Crippen LogP contribution in [0, 0.1) is 0 Å². The minimum absolute atomic E-state index is 0.00650. The van der Waals surface area contributed by atoms with Gasteiger partial charge in [-0.2, -0.15) is 13.2 Å². The smallest absolute Gasteiger partial charge is 0.383 e. The first-order valence-electron chi connectivity index (χ1n) is 5.60. The van der Waals surface area contributed by atoms with Crippen molar-refractivity contribution in [2.45, 2.75) is 17.2 Å². The molecular formula is C12H10F3NO3S2. The predicted molar refractivity (Wildman–Crippen MR) is 70.7 cm³/mol. The quantitative estimate of drug-likeness (QED) is 0.935. The summed E-state index contributed by atoms with van der Waals surface area (Å²) in [6.07, 6.45) is -3.99. The van der Waals surface area contributed by atoms with Gasteiger partial charge >= 0.3 is 6.18 Å². The molecule has 0 amide bonds. The standard InChI is InChI=1S/C12H10F3NO3S2/c1-21(18,19)8-4-2-3-7(5-8)10(17)9-6-16-11(20-9)12(13,14)15/h2-6,10,17H,1H3. The van der Waals surface area contributed by atoms with E-state index in [4.69, 9.17) is 0 Å². The summed E-state index contributed by atoms with van der Waals surface area (Å²) in [6, 6.07) is 5.43. The summed E-state index contributed by atoms with van der Waals surface area (Å²) >= 11 is 0.321. The molecule has 1 aromatic carbocycles. The Bertz CT molecular complexity index is 753. The zero-order valence-electron chi connectivity index (χ0n) is 10.6. The van der Waals surface area contributed by atoms with Crippen molar-refractivity contribution in [2.75, 3.05) is 6.26 Å². The minimum Gasteiger partial charge on any atom is -0.383 e. The van der Waals surface area contributed by atoms with Crippen LogP contribution >= 0.6 is 11.3 Å². The SMILES string of the molecule is CS(=O)(=O)c1cccc(C(O)c2cnc(C(F)(F)F)s2)c1. The number of alkyl halides is 3. The van der Waals surface area contributed by atoms with Crippen molar-refractivity contribution in [3.63, 3.8) is 0 Å². The zero-order chi connectivity index (χ0) is 15.8. The molecule has 0 aliphatic rings. The molecule has 1 unspecified atom stereocenters. The number of aliphatic hydroxyl groups excluding tert-OH is 1. The molecule has 0 saturated heterocycles. The van der Waals surface area contributed by atoms with Gasteiger partial charge in [-0.1, -0.05) is 12.1 Å². The third-order valence-electron chi connectivity index (χ3n) is 2.64. The van der Waals surface area contributed by atoms with Gasteiger partial charge in [0.25, 0.3) is 0 Å². The van der Waals surface area contributed by atoms with Crippen LogP contribution in [-0.2, 0) is 16.0 Å². The maximum absolute atomic E-state index is 12.5. The van der Waals surface area contributed by atoms with E-state index in [0.29, 0.717) is 11.3 Å². The number of thiazole rings is 1. The van der Waals surface area contributed by atoms with Crippen molar-refractivity contribution in [3.05, 3.63) is 45.9 Å². The maximum atomic E-state index is 12.5. The Hall–Kier alpha value is -1.45. The Balaban J connectivity index is 2.37. The number of hydrogen-bond acceptors (Lipinski definition) is 5. The molecule has 0 saturated carbocycles. The third-order valence-corrected chi connectivity index (χ3v) is 4.84. The number of halogens is 3. The van der Waals surface area contributed by atoms with Gasteiger partial charge in [0.1, 0.15) is 6.10 Å². The summed E-state index contributed by atoms with van der Waals surface area (Å²) in [5.41, 5.74) is 0.190. The second-order valence-corrected chi connectivity index (χ2v) is 7.39. The van der Waals surface area contributed by atoms with Crippen LogP contribution in [0.15, 0.2) is 35.4 Å². The van der Waals surface area contributed by atoms with E-state index in [2.05, 4.69) is 4.98 Å². The summed E-state index contributed by atoms with van der Waals surface area (Å²) in [4.78, 5) is 3.20. The van der Waals surface area contributed by atoms with E-state index in [1.165, 1.54) is 24.3 Å². The van der Waals surface area contributed by atoms with E-state index < -0.39 is 27.1 Å². The minimum atomic E-state index is -4.57. The predicted octanol–water partition coefficient (Wildman–Crippen LogP) is 2.65. The summed E-state index contributed by atoms with van der Waals surface area (Å²) in [6.45, 7) is 0. The molecule has 1 aromatic heterocycles. The van der Waals surface area contributed by atoms with Crippen LogP contribution in [-0.4, -0.2) is 24.8 Å². The number of nitrogens with zero attached hydrogens (tertiary/aromatic N) is 1. The van der Waals surface area contributed by atoms with E-state index in [9.17, 15) is 26.7 Å². The van der Waals surface area contributed by atoms with E-state index in [-0.39, 0.29) is 15.3 Å². The Morgan fingerprint density at radius 2 is 2.00 bits per heavy atom. The van der Waals surface area contributed by atoms with Gasteiger partial charge in [0.15, 0.2) is 14.8 Å².